The summed E-state index contributed by atoms with van der Waals surface area (Å²) in [6.07, 6.45) is 0. The molecule has 0 saturated carbocycles. The Hall–Kier alpha value is -0.820. The van der Waals surface area contributed by atoms with Crippen molar-refractivity contribution in [3.05, 3.63) is 26.6 Å². The summed E-state index contributed by atoms with van der Waals surface area (Å²) in [5.41, 5.74) is 0.152. The number of carboxylic acids is 1. The van der Waals surface area contributed by atoms with E-state index < -0.39 is 5.97 Å². The van der Waals surface area contributed by atoms with E-state index in [2.05, 4.69) is 0 Å². The fourth-order valence-corrected chi connectivity index (χ4v) is 2.94. The standard InChI is InChI=1S/C9H5IO3S/c10-7-6(11)3-5(9(12)13)4-1-2-14-8(4)7/h1-3,11H,(H,12,13). The lowest BCUT2D eigenvalue weighted by Gasteiger charge is -2.02. The number of halogens is 1. The van der Waals surface area contributed by atoms with Gasteiger partial charge < -0.3 is 10.2 Å². The zero-order valence-corrected chi connectivity index (χ0v) is 9.79. The fourth-order valence-electron chi connectivity index (χ4n) is 1.26. The maximum atomic E-state index is 10.9. The second-order valence-electron chi connectivity index (χ2n) is 2.73. The van der Waals surface area contributed by atoms with Crippen LogP contribution in [0.3, 0.4) is 0 Å². The van der Waals surface area contributed by atoms with E-state index in [9.17, 15) is 9.90 Å². The van der Waals surface area contributed by atoms with E-state index in [4.69, 9.17) is 5.11 Å². The highest BCUT2D eigenvalue weighted by molar-refractivity contribution is 14.1. The molecule has 3 nitrogen and oxygen atoms in total. The van der Waals surface area contributed by atoms with Gasteiger partial charge in [-0.15, -0.1) is 11.3 Å². The molecule has 0 radical (unpaired) electrons. The topological polar surface area (TPSA) is 57.5 Å². The van der Waals surface area contributed by atoms with Crippen LogP contribution < -0.4 is 0 Å². The molecular formula is C9H5IO3S. The van der Waals surface area contributed by atoms with Gasteiger partial charge >= 0.3 is 5.97 Å². The normalized spacial score (nSPS) is 10.6. The summed E-state index contributed by atoms with van der Waals surface area (Å²) in [5, 5.41) is 20.9. The van der Waals surface area contributed by atoms with Crippen molar-refractivity contribution in [2.24, 2.45) is 0 Å². The Labute approximate surface area is 97.1 Å². The highest BCUT2D eigenvalue weighted by atomic mass is 127. The molecule has 0 amide bonds. The van der Waals surface area contributed by atoms with Crippen LogP contribution in [0.5, 0.6) is 5.75 Å². The minimum Gasteiger partial charge on any atom is -0.507 e. The van der Waals surface area contributed by atoms with Gasteiger partial charge in [-0.2, -0.15) is 0 Å². The third-order valence-corrected chi connectivity index (χ3v) is 4.28. The van der Waals surface area contributed by atoms with Crippen LogP contribution >= 0.6 is 33.9 Å². The number of benzene rings is 1. The molecule has 2 aromatic rings. The number of thiophene rings is 1. The van der Waals surface area contributed by atoms with Crippen molar-refractivity contribution in [3.63, 3.8) is 0 Å². The summed E-state index contributed by atoms with van der Waals surface area (Å²) in [7, 11) is 0. The average molecular weight is 320 g/mol. The SMILES string of the molecule is O=C(O)c1cc(O)c(I)c2sccc12. The van der Waals surface area contributed by atoms with Crippen molar-refractivity contribution in [2.75, 3.05) is 0 Å². The number of phenols is 1. The van der Waals surface area contributed by atoms with Crippen LogP contribution in [-0.4, -0.2) is 16.2 Å². The first-order valence-electron chi connectivity index (χ1n) is 3.73. The quantitative estimate of drug-likeness (QED) is 0.795. The predicted octanol–water partition coefficient (Wildman–Crippen LogP) is 2.91. The molecule has 0 bridgehead atoms. The van der Waals surface area contributed by atoms with Crippen LogP contribution in [0.1, 0.15) is 10.4 Å². The van der Waals surface area contributed by atoms with Crippen molar-refractivity contribution in [2.45, 2.75) is 0 Å². The predicted molar refractivity (Wildman–Crippen MR) is 63.2 cm³/mol. The highest BCUT2D eigenvalue weighted by Crippen LogP contribution is 2.35. The Morgan fingerprint density at radius 1 is 1.50 bits per heavy atom. The molecule has 1 aromatic carbocycles. The molecule has 1 aromatic heterocycles. The van der Waals surface area contributed by atoms with E-state index in [1.54, 1.807) is 6.07 Å². The molecule has 0 unspecified atom stereocenters. The molecular weight excluding hydrogens is 315 g/mol. The molecule has 0 atom stereocenters. The summed E-state index contributed by atoms with van der Waals surface area (Å²) in [6, 6.07) is 3.05. The number of hydrogen-bond donors (Lipinski definition) is 2. The summed E-state index contributed by atoms with van der Waals surface area (Å²) in [4.78, 5) is 10.9. The third kappa shape index (κ3) is 1.36. The Bertz CT molecular complexity index is 518. The molecule has 0 spiro atoms. The fraction of sp³-hybridized carbons (Fsp3) is 0. The second kappa shape index (κ2) is 3.39. The first-order chi connectivity index (χ1) is 6.61. The largest absolute Gasteiger partial charge is 0.507 e. The minimum atomic E-state index is -1.01. The van der Waals surface area contributed by atoms with Crippen LogP contribution in [0.15, 0.2) is 17.5 Å². The van der Waals surface area contributed by atoms with Crippen molar-refractivity contribution in [1.29, 1.82) is 0 Å². The lowest BCUT2D eigenvalue weighted by Crippen LogP contribution is -1.97. The molecule has 0 aliphatic heterocycles. The van der Waals surface area contributed by atoms with Crippen LogP contribution in [0.4, 0.5) is 0 Å². The summed E-state index contributed by atoms with van der Waals surface area (Å²) in [6.45, 7) is 0. The monoisotopic (exact) mass is 320 g/mol. The summed E-state index contributed by atoms with van der Waals surface area (Å²) in [5.74, 6) is -0.988. The van der Waals surface area contributed by atoms with Crippen molar-refractivity contribution in [1.82, 2.24) is 0 Å². The zero-order valence-electron chi connectivity index (χ0n) is 6.82. The van der Waals surface area contributed by atoms with E-state index >= 15 is 0 Å². The van der Waals surface area contributed by atoms with E-state index in [1.807, 2.05) is 28.0 Å². The zero-order chi connectivity index (χ0) is 10.3. The number of carbonyl (C=O) groups is 1. The van der Waals surface area contributed by atoms with Gasteiger partial charge in [0.15, 0.2) is 0 Å². The summed E-state index contributed by atoms with van der Waals surface area (Å²) >= 11 is 3.44. The van der Waals surface area contributed by atoms with Gasteiger partial charge in [-0.3, -0.25) is 0 Å². The third-order valence-electron chi connectivity index (χ3n) is 1.89. The van der Waals surface area contributed by atoms with Crippen LogP contribution in [-0.2, 0) is 0 Å². The van der Waals surface area contributed by atoms with E-state index in [-0.39, 0.29) is 11.3 Å². The van der Waals surface area contributed by atoms with Crippen molar-refractivity contribution < 1.29 is 15.0 Å². The van der Waals surface area contributed by atoms with Gasteiger partial charge in [0.1, 0.15) is 5.75 Å². The van der Waals surface area contributed by atoms with E-state index in [0.29, 0.717) is 8.96 Å². The molecule has 2 N–H and O–H groups in total. The Kier molecular flexibility index (Phi) is 2.36. The van der Waals surface area contributed by atoms with Gasteiger partial charge in [-0.05, 0) is 40.1 Å². The molecule has 72 valence electrons. The highest BCUT2D eigenvalue weighted by Gasteiger charge is 2.14. The number of carboxylic acid groups (broad SMARTS) is 1. The van der Waals surface area contributed by atoms with Gasteiger partial charge in [0.05, 0.1) is 13.8 Å². The second-order valence-corrected chi connectivity index (χ2v) is 4.72. The number of aromatic carboxylic acids is 1. The smallest absolute Gasteiger partial charge is 0.336 e. The van der Waals surface area contributed by atoms with Crippen molar-refractivity contribution >= 4 is 50.0 Å². The number of fused-ring (bicyclic) bond motifs is 1. The number of rotatable bonds is 1. The van der Waals surface area contributed by atoms with E-state index in [1.165, 1.54) is 17.4 Å². The van der Waals surface area contributed by atoms with Gasteiger partial charge in [0, 0.05) is 5.39 Å². The Morgan fingerprint density at radius 3 is 2.86 bits per heavy atom. The molecule has 1 heterocycles. The molecule has 14 heavy (non-hydrogen) atoms. The molecule has 0 saturated heterocycles. The number of hydrogen-bond acceptors (Lipinski definition) is 3. The van der Waals surface area contributed by atoms with Gasteiger partial charge in [0.25, 0.3) is 0 Å². The Morgan fingerprint density at radius 2 is 2.21 bits per heavy atom. The molecule has 0 aliphatic carbocycles. The molecule has 2 rings (SSSR count). The van der Waals surface area contributed by atoms with Gasteiger partial charge in [-0.25, -0.2) is 4.79 Å². The summed E-state index contributed by atoms with van der Waals surface area (Å²) < 4.78 is 1.53. The minimum absolute atomic E-state index is 0.0259. The molecule has 5 heteroatoms. The maximum absolute atomic E-state index is 10.9. The first kappa shape index (κ1) is 9.72. The lowest BCUT2D eigenvalue weighted by molar-refractivity contribution is 0.0698. The van der Waals surface area contributed by atoms with Crippen LogP contribution in [0.25, 0.3) is 10.1 Å². The lowest BCUT2D eigenvalue weighted by atomic mass is 10.1. The van der Waals surface area contributed by atoms with Crippen LogP contribution in [0.2, 0.25) is 0 Å². The first-order valence-corrected chi connectivity index (χ1v) is 5.69. The maximum Gasteiger partial charge on any atom is 0.336 e. The van der Waals surface area contributed by atoms with Crippen molar-refractivity contribution in [3.8, 4) is 5.75 Å². The van der Waals surface area contributed by atoms with Gasteiger partial charge in [0.2, 0.25) is 0 Å². The number of aromatic hydroxyl groups is 1. The average Bonchev–Trinajstić information content (AvgIpc) is 2.59. The number of phenolic OH excluding ortho intramolecular Hbond substituents is 1. The van der Waals surface area contributed by atoms with Gasteiger partial charge in [-0.1, -0.05) is 0 Å². The Balaban J connectivity index is 2.91. The van der Waals surface area contributed by atoms with E-state index in [0.717, 1.165) is 4.70 Å². The molecule has 0 aliphatic rings. The molecule has 0 fully saturated rings. The van der Waals surface area contributed by atoms with Crippen LogP contribution in [0, 0.1) is 3.57 Å².